The maximum atomic E-state index is 11.6. The third-order valence-corrected chi connectivity index (χ3v) is 4.87. The molecule has 0 saturated carbocycles. The lowest BCUT2D eigenvalue weighted by Crippen LogP contribution is -2.19. The Kier molecular flexibility index (Phi) is 5.98. The minimum atomic E-state index is -0.601. The van der Waals surface area contributed by atoms with Crippen LogP contribution in [0.3, 0.4) is 0 Å². The highest BCUT2D eigenvalue weighted by molar-refractivity contribution is 14.1. The van der Waals surface area contributed by atoms with Crippen molar-refractivity contribution in [3.05, 3.63) is 43.3 Å². The summed E-state index contributed by atoms with van der Waals surface area (Å²) in [5.74, 6) is -1.02. The topological polar surface area (TPSA) is 80.1 Å². The average Bonchev–Trinajstić information content (AvgIpc) is 2.83. The molecule has 1 heterocycles. The van der Waals surface area contributed by atoms with Crippen LogP contribution in [-0.2, 0) is 14.3 Å². The Bertz CT molecular complexity index is 718. The van der Waals surface area contributed by atoms with Crippen LogP contribution in [0.25, 0.3) is 0 Å². The lowest BCUT2D eigenvalue weighted by molar-refractivity contribution is -0.135. The number of carbonyl (C=O) groups is 2. The Hall–Kier alpha value is -1.39. The van der Waals surface area contributed by atoms with Gasteiger partial charge in [0.25, 0.3) is 5.91 Å². The number of carbonyl (C=O) groups excluding carboxylic acids is 2. The maximum absolute atomic E-state index is 11.6. The number of methoxy groups -OCH3 is 1. The number of benzene rings is 1. The van der Waals surface area contributed by atoms with Crippen LogP contribution in [0.15, 0.2) is 39.4 Å². The summed E-state index contributed by atoms with van der Waals surface area (Å²) in [5.41, 5.74) is 0.786. The molecule has 9 heteroatoms. The largest absolute Gasteiger partial charge is 0.466 e. The second-order valence-corrected chi connectivity index (χ2v) is 6.51. The lowest BCUT2D eigenvalue weighted by atomic mass is 10.2. The molecule has 0 atom stereocenters. The van der Waals surface area contributed by atoms with E-state index in [4.69, 9.17) is 11.6 Å². The van der Waals surface area contributed by atoms with Crippen LogP contribution in [0.5, 0.6) is 0 Å². The minimum Gasteiger partial charge on any atom is -0.466 e. The van der Waals surface area contributed by atoms with Crippen molar-refractivity contribution in [2.75, 3.05) is 7.11 Å². The van der Waals surface area contributed by atoms with Crippen molar-refractivity contribution < 1.29 is 14.3 Å². The summed E-state index contributed by atoms with van der Waals surface area (Å²) < 4.78 is 5.41. The van der Waals surface area contributed by atoms with E-state index in [-0.39, 0.29) is 10.1 Å². The first-order valence-corrected chi connectivity index (χ1v) is 8.12. The number of nitrogens with one attached hydrogen (secondary N) is 1. The second-order valence-electron chi connectivity index (χ2n) is 3.91. The van der Waals surface area contributed by atoms with Crippen molar-refractivity contribution in [2.24, 2.45) is 10.2 Å². The number of amides is 1. The number of hydrogen-bond donors (Lipinski definition) is 1. The van der Waals surface area contributed by atoms with Crippen LogP contribution >= 0.6 is 46.0 Å². The van der Waals surface area contributed by atoms with E-state index < -0.39 is 11.9 Å². The fourth-order valence-corrected chi connectivity index (χ4v) is 2.65. The molecule has 1 aliphatic heterocycles. The molecule has 1 saturated heterocycles. The fraction of sp³-hybridized carbons (Fsp3) is 0.0769. The smallest absolute Gasteiger partial charge is 0.331 e. The number of halogens is 2. The maximum Gasteiger partial charge on any atom is 0.331 e. The highest BCUT2D eigenvalue weighted by Gasteiger charge is 2.24. The standard InChI is InChI=1S/C13H9ClIN3O3S/c1-21-11(19)5-10-12(20)17-13(22-10)18-16-6-7-2-3-9(15)8(14)4-7/h2-6H,1H3,(H,17,18,20)/b10-5+,16-6?. The van der Waals surface area contributed by atoms with Gasteiger partial charge in [-0.2, -0.15) is 5.10 Å². The van der Waals surface area contributed by atoms with Crippen LogP contribution in [0.1, 0.15) is 5.56 Å². The number of amidine groups is 1. The summed E-state index contributed by atoms with van der Waals surface area (Å²) in [5, 5.41) is 11.2. The molecule has 1 aliphatic rings. The highest BCUT2D eigenvalue weighted by Crippen LogP contribution is 2.23. The minimum absolute atomic E-state index is 0.207. The Balaban J connectivity index is 2.06. The molecular weight excluding hydrogens is 441 g/mol. The number of hydrogen-bond acceptors (Lipinski definition) is 6. The third-order valence-electron chi connectivity index (χ3n) is 2.40. The van der Waals surface area contributed by atoms with E-state index in [0.29, 0.717) is 5.02 Å². The molecule has 2 rings (SSSR count). The zero-order valence-electron chi connectivity index (χ0n) is 11.2. The van der Waals surface area contributed by atoms with Gasteiger partial charge in [-0.1, -0.05) is 17.7 Å². The van der Waals surface area contributed by atoms with Crippen LogP contribution in [0, 0.1) is 3.57 Å². The number of ether oxygens (including phenoxy) is 1. The summed E-state index contributed by atoms with van der Waals surface area (Å²) >= 11 is 9.14. The molecule has 6 nitrogen and oxygen atoms in total. The molecule has 114 valence electrons. The van der Waals surface area contributed by atoms with Gasteiger partial charge in [-0.05, 0) is 52.0 Å². The van der Waals surface area contributed by atoms with Crippen LogP contribution in [0.4, 0.5) is 0 Å². The van der Waals surface area contributed by atoms with Crippen molar-refractivity contribution in [2.45, 2.75) is 0 Å². The molecule has 0 aromatic heterocycles. The number of thioether (sulfide) groups is 1. The third kappa shape index (κ3) is 4.55. The molecule has 0 unspecified atom stereocenters. The van der Waals surface area contributed by atoms with Crippen molar-refractivity contribution in [3.63, 3.8) is 0 Å². The van der Waals surface area contributed by atoms with E-state index in [1.54, 1.807) is 6.07 Å². The van der Waals surface area contributed by atoms with E-state index in [1.165, 1.54) is 13.3 Å². The molecule has 0 radical (unpaired) electrons. The van der Waals surface area contributed by atoms with Gasteiger partial charge in [-0.3, -0.25) is 10.1 Å². The van der Waals surface area contributed by atoms with Crippen LogP contribution in [0.2, 0.25) is 5.02 Å². The van der Waals surface area contributed by atoms with E-state index >= 15 is 0 Å². The first-order valence-electron chi connectivity index (χ1n) is 5.84. The Morgan fingerprint density at radius 1 is 1.50 bits per heavy atom. The van der Waals surface area contributed by atoms with E-state index in [0.717, 1.165) is 27.0 Å². The molecule has 0 bridgehead atoms. The molecular formula is C13H9ClIN3O3S. The monoisotopic (exact) mass is 449 g/mol. The fourth-order valence-electron chi connectivity index (χ4n) is 1.38. The molecule has 1 aromatic rings. The molecule has 1 amide bonds. The number of esters is 1. The number of rotatable bonds is 3. The summed E-state index contributed by atoms with van der Waals surface area (Å²) in [6.45, 7) is 0. The first kappa shape index (κ1) is 17.0. The average molecular weight is 450 g/mol. The van der Waals surface area contributed by atoms with Crippen LogP contribution in [-0.4, -0.2) is 30.4 Å². The quantitative estimate of drug-likeness (QED) is 0.253. The lowest BCUT2D eigenvalue weighted by Gasteiger charge is -1.96. The van der Waals surface area contributed by atoms with Gasteiger partial charge in [-0.25, -0.2) is 4.79 Å². The predicted octanol–water partition coefficient (Wildman–Crippen LogP) is 2.55. The van der Waals surface area contributed by atoms with Gasteiger partial charge in [-0.15, -0.1) is 5.10 Å². The number of nitrogens with zero attached hydrogens (tertiary/aromatic N) is 2. The van der Waals surface area contributed by atoms with Crippen LogP contribution < -0.4 is 5.32 Å². The molecule has 0 aliphatic carbocycles. The van der Waals surface area contributed by atoms with Gasteiger partial charge in [0.1, 0.15) is 0 Å². The van der Waals surface area contributed by atoms with Gasteiger partial charge in [0.2, 0.25) is 0 Å². The van der Waals surface area contributed by atoms with Gasteiger partial charge in [0, 0.05) is 9.65 Å². The van der Waals surface area contributed by atoms with Crippen molar-refractivity contribution in [1.29, 1.82) is 0 Å². The zero-order valence-corrected chi connectivity index (χ0v) is 14.9. The summed E-state index contributed by atoms with van der Waals surface area (Å²) in [6, 6.07) is 5.47. The van der Waals surface area contributed by atoms with E-state index in [9.17, 15) is 9.59 Å². The highest BCUT2D eigenvalue weighted by atomic mass is 127. The molecule has 1 fully saturated rings. The molecule has 0 spiro atoms. The normalized spacial score (nSPS) is 18.2. The molecule has 1 aromatic carbocycles. The van der Waals surface area contributed by atoms with Crippen molar-refractivity contribution in [3.8, 4) is 0 Å². The van der Waals surface area contributed by atoms with Gasteiger partial charge in [0.05, 0.1) is 23.3 Å². The summed E-state index contributed by atoms with van der Waals surface area (Å²) in [4.78, 5) is 22.9. The van der Waals surface area contributed by atoms with Gasteiger partial charge in [0.15, 0.2) is 5.17 Å². The summed E-state index contributed by atoms with van der Waals surface area (Å²) in [6.07, 6.45) is 2.62. The van der Waals surface area contributed by atoms with E-state index in [2.05, 4.69) is 42.8 Å². The van der Waals surface area contributed by atoms with Crippen molar-refractivity contribution >= 4 is 69.2 Å². The SMILES string of the molecule is COC(=O)/C=C1/S/C(=N\N=Cc2ccc(I)c(Cl)c2)NC1=O. The Labute approximate surface area is 149 Å². The summed E-state index contributed by atoms with van der Waals surface area (Å²) in [7, 11) is 1.24. The van der Waals surface area contributed by atoms with E-state index in [1.807, 2.05) is 12.1 Å². The molecule has 1 N–H and O–H groups in total. The Morgan fingerprint density at radius 3 is 2.95 bits per heavy atom. The second kappa shape index (κ2) is 7.75. The zero-order chi connectivity index (χ0) is 16.1. The molecule has 22 heavy (non-hydrogen) atoms. The van der Waals surface area contributed by atoms with Crippen molar-refractivity contribution in [1.82, 2.24) is 5.32 Å². The predicted molar refractivity (Wildman–Crippen MR) is 95.0 cm³/mol. The van der Waals surface area contributed by atoms with Gasteiger partial charge >= 0.3 is 5.97 Å². The van der Waals surface area contributed by atoms with Gasteiger partial charge < -0.3 is 4.74 Å². The Morgan fingerprint density at radius 2 is 2.27 bits per heavy atom. The first-order chi connectivity index (χ1) is 10.5.